The molecule has 0 aromatic heterocycles. The number of rotatable bonds is 7. The maximum Gasteiger partial charge on any atom is 0.261 e. The molecule has 1 atom stereocenters. The molecule has 8 nitrogen and oxygen atoms in total. The lowest BCUT2D eigenvalue weighted by atomic mass is 9.96. The maximum atomic E-state index is 12.9. The number of piperidine rings is 1. The van der Waals surface area contributed by atoms with Crippen molar-refractivity contribution >= 4 is 27.5 Å². The molecule has 1 heterocycles. The largest absolute Gasteiger partial charge is 0.497 e. The smallest absolute Gasteiger partial charge is 0.261 e. The van der Waals surface area contributed by atoms with Crippen LogP contribution in [0.15, 0.2) is 53.4 Å². The summed E-state index contributed by atoms with van der Waals surface area (Å²) in [5.74, 6) is 0.150. The number of methoxy groups -OCH3 is 1. The van der Waals surface area contributed by atoms with E-state index >= 15 is 0 Å². The molecule has 1 aliphatic heterocycles. The predicted octanol–water partition coefficient (Wildman–Crippen LogP) is 2.87. The summed E-state index contributed by atoms with van der Waals surface area (Å²) in [7, 11) is -2.26. The van der Waals surface area contributed by atoms with Crippen molar-refractivity contribution in [2.75, 3.05) is 24.9 Å². The molecule has 3 rings (SSSR count). The van der Waals surface area contributed by atoms with E-state index < -0.39 is 10.0 Å². The molecule has 2 aromatic carbocycles. The Hall–Kier alpha value is -3.07. The average molecular weight is 460 g/mol. The van der Waals surface area contributed by atoms with Crippen LogP contribution in [0.1, 0.15) is 37.0 Å². The van der Waals surface area contributed by atoms with E-state index in [1.54, 1.807) is 41.3 Å². The van der Waals surface area contributed by atoms with Gasteiger partial charge in [-0.3, -0.25) is 14.3 Å². The van der Waals surface area contributed by atoms with Crippen LogP contribution in [0.3, 0.4) is 0 Å². The highest BCUT2D eigenvalue weighted by molar-refractivity contribution is 7.92. The minimum Gasteiger partial charge on any atom is -0.497 e. The summed E-state index contributed by atoms with van der Waals surface area (Å²) in [6.07, 6.45) is 1.52. The predicted molar refractivity (Wildman–Crippen MR) is 122 cm³/mol. The number of hydrogen-bond donors (Lipinski definition) is 2. The topological polar surface area (TPSA) is 105 Å². The van der Waals surface area contributed by atoms with E-state index in [0.717, 1.165) is 12.8 Å². The van der Waals surface area contributed by atoms with Gasteiger partial charge in [-0.05, 0) is 75.2 Å². The van der Waals surface area contributed by atoms with Crippen LogP contribution in [0.4, 0.5) is 5.69 Å². The van der Waals surface area contributed by atoms with Crippen molar-refractivity contribution in [2.24, 2.45) is 5.92 Å². The Kier molecular flexibility index (Phi) is 7.40. The lowest BCUT2D eigenvalue weighted by Gasteiger charge is -2.32. The van der Waals surface area contributed by atoms with Crippen LogP contribution < -0.4 is 14.8 Å². The molecule has 0 spiro atoms. The fourth-order valence-electron chi connectivity index (χ4n) is 3.61. The standard InChI is InChI=1S/C23H29N3O5S/c1-16(2)24-22(27)18-5-4-14-26(15-18)23(28)17-6-8-19(9-7-17)25-32(29,30)21-12-10-20(31-3)11-13-21/h6-13,16,18,25H,4-5,14-15H2,1-3H3,(H,24,27). The summed E-state index contributed by atoms with van der Waals surface area (Å²) in [5, 5.41) is 2.91. The van der Waals surface area contributed by atoms with Crippen molar-refractivity contribution in [3.05, 3.63) is 54.1 Å². The molecule has 2 aromatic rings. The number of carbonyl (C=O) groups is 2. The Morgan fingerprint density at radius 2 is 1.72 bits per heavy atom. The van der Waals surface area contributed by atoms with Crippen LogP contribution in [0.25, 0.3) is 0 Å². The summed E-state index contributed by atoms with van der Waals surface area (Å²) >= 11 is 0. The number of likely N-dealkylation sites (tertiary alicyclic amines) is 1. The molecule has 1 saturated heterocycles. The number of anilines is 1. The van der Waals surface area contributed by atoms with Crippen LogP contribution >= 0.6 is 0 Å². The second kappa shape index (κ2) is 10.0. The third kappa shape index (κ3) is 5.79. The average Bonchev–Trinajstić information content (AvgIpc) is 2.78. The second-order valence-electron chi connectivity index (χ2n) is 8.11. The number of hydrogen-bond acceptors (Lipinski definition) is 5. The van der Waals surface area contributed by atoms with Gasteiger partial charge in [0.25, 0.3) is 15.9 Å². The van der Waals surface area contributed by atoms with Gasteiger partial charge in [-0.2, -0.15) is 0 Å². The first kappa shape index (κ1) is 23.6. The van der Waals surface area contributed by atoms with Crippen LogP contribution in [0.5, 0.6) is 5.75 Å². The molecule has 2 amide bonds. The Bertz CT molecular complexity index is 1050. The minimum absolute atomic E-state index is 0.0270. The number of sulfonamides is 1. The first-order chi connectivity index (χ1) is 15.2. The van der Waals surface area contributed by atoms with E-state index in [4.69, 9.17) is 4.74 Å². The van der Waals surface area contributed by atoms with Gasteiger partial charge in [0.15, 0.2) is 0 Å². The number of amides is 2. The summed E-state index contributed by atoms with van der Waals surface area (Å²) in [6.45, 7) is 4.79. The van der Waals surface area contributed by atoms with Crippen molar-refractivity contribution in [1.82, 2.24) is 10.2 Å². The summed E-state index contributed by atoms with van der Waals surface area (Å²) in [4.78, 5) is 27.0. The molecule has 0 radical (unpaired) electrons. The molecule has 32 heavy (non-hydrogen) atoms. The van der Waals surface area contributed by atoms with Gasteiger partial charge in [0.1, 0.15) is 5.75 Å². The summed E-state index contributed by atoms with van der Waals surface area (Å²) in [5.41, 5.74) is 0.799. The van der Waals surface area contributed by atoms with Gasteiger partial charge in [0.05, 0.1) is 17.9 Å². The van der Waals surface area contributed by atoms with Gasteiger partial charge >= 0.3 is 0 Å². The molecule has 0 aliphatic carbocycles. The second-order valence-corrected chi connectivity index (χ2v) is 9.79. The third-order valence-corrected chi connectivity index (χ3v) is 6.66. The zero-order valence-electron chi connectivity index (χ0n) is 18.5. The van der Waals surface area contributed by atoms with Gasteiger partial charge in [-0.25, -0.2) is 8.42 Å². The molecule has 172 valence electrons. The van der Waals surface area contributed by atoms with Gasteiger partial charge in [-0.1, -0.05) is 0 Å². The van der Waals surface area contributed by atoms with Crippen molar-refractivity contribution in [3.63, 3.8) is 0 Å². The maximum absolute atomic E-state index is 12.9. The summed E-state index contributed by atoms with van der Waals surface area (Å²) in [6, 6.07) is 12.4. The monoisotopic (exact) mass is 459 g/mol. The summed E-state index contributed by atoms with van der Waals surface area (Å²) < 4.78 is 32.7. The van der Waals surface area contributed by atoms with Crippen molar-refractivity contribution in [1.29, 1.82) is 0 Å². The Labute approximate surface area is 189 Å². The molecular formula is C23H29N3O5S. The fourth-order valence-corrected chi connectivity index (χ4v) is 4.67. The van der Waals surface area contributed by atoms with E-state index in [0.29, 0.717) is 30.1 Å². The Balaban J connectivity index is 1.65. The molecule has 0 bridgehead atoms. The highest BCUT2D eigenvalue weighted by Crippen LogP contribution is 2.22. The normalized spacial score (nSPS) is 16.5. The minimum atomic E-state index is -3.76. The highest BCUT2D eigenvalue weighted by atomic mass is 32.2. The lowest BCUT2D eigenvalue weighted by Crippen LogP contribution is -2.46. The zero-order valence-corrected chi connectivity index (χ0v) is 19.3. The Morgan fingerprint density at radius 3 is 2.31 bits per heavy atom. The number of nitrogens with one attached hydrogen (secondary N) is 2. The molecule has 9 heteroatoms. The van der Waals surface area contributed by atoms with E-state index in [2.05, 4.69) is 10.0 Å². The SMILES string of the molecule is COc1ccc(S(=O)(=O)Nc2ccc(C(=O)N3CCCC(C(=O)NC(C)C)C3)cc2)cc1. The van der Waals surface area contributed by atoms with Crippen LogP contribution in [-0.4, -0.2) is 51.4 Å². The third-order valence-electron chi connectivity index (χ3n) is 5.26. The van der Waals surface area contributed by atoms with E-state index in [1.165, 1.54) is 19.2 Å². The molecule has 1 aliphatic rings. The van der Waals surface area contributed by atoms with Crippen LogP contribution in [-0.2, 0) is 14.8 Å². The quantitative estimate of drug-likeness (QED) is 0.663. The van der Waals surface area contributed by atoms with E-state index in [-0.39, 0.29) is 28.7 Å². The molecule has 1 unspecified atom stereocenters. The van der Waals surface area contributed by atoms with Gasteiger partial charge < -0.3 is 15.0 Å². The number of ether oxygens (including phenoxy) is 1. The van der Waals surface area contributed by atoms with Crippen molar-refractivity contribution in [3.8, 4) is 5.75 Å². The molecule has 2 N–H and O–H groups in total. The first-order valence-corrected chi connectivity index (χ1v) is 12.0. The van der Waals surface area contributed by atoms with Gasteiger partial charge in [0, 0.05) is 30.4 Å². The fraction of sp³-hybridized carbons (Fsp3) is 0.391. The van der Waals surface area contributed by atoms with Crippen LogP contribution in [0, 0.1) is 5.92 Å². The first-order valence-electron chi connectivity index (χ1n) is 10.6. The van der Waals surface area contributed by atoms with Crippen LogP contribution in [0.2, 0.25) is 0 Å². The van der Waals surface area contributed by atoms with Crippen molar-refractivity contribution in [2.45, 2.75) is 37.6 Å². The molecule has 1 fully saturated rings. The van der Waals surface area contributed by atoms with Crippen molar-refractivity contribution < 1.29 is 22.7 Å². The number of carbonyl (C=O) groups excluding carboxylic acids is 2. The van der Waals surface area contributed by atoms with E-state index in [1.807, 2.05) is 13.8 Å². The molecular weight excluding hydrogens is 430 g/mol. The molecule has 0 saturated carbocycles. The highest BCUT2D eigenvalue weighted by Gasteiger charge is 2.29. The van der Waals surface area contributed by atoms with E-state index in [9.17, 15) is 18.0 Å². The van der Waals surface area contributed by atoms with Gasteiger partial charge in [0.2, 0.25) is 5.91 Å². The number of nitrogens with zero attached hydrogens (tertiary/aromatic N) is 1. The number of benzene rings is 2. The lowest BCUT2D eigenvalue weighted by molar-refractivity contribution is -0.126. The Morgan fingerprint density at radius 1 is 1.06 bits per heavy atom. The van der Waals surface area contributed by atoms with Gasteiger partial charge in [-0.15, -0.1) is 0 Å². The zero-order chi connectivity index (χ0) is 23.3.